The summed E-state index contributed by atoms with van der Waals surface area (Å²) in [6, 6.07) is 21.8. The van der Waals surface area contributed by atoms with Crippen molar-refractivity contribution in [3.63, 3.8) is 0 Å². The summed E-state index contributed by atoms with van der Waals surface area (Å²) in [6.07, 6.45) is 0. The Labute approximate surface area is 229 Å². The number of hydrogen-bond acceptors (Lipinski definition) is 7. The molecule has 0 atom stereocenters. The quantitative estimate of drug-likeness (QED) is 0.234. The van der Waals surface area contributed by atoms with E-state index in [1.54, 1.807) is 6.07 Å². The number of halogens is 2. The van der Waals surface area contributed by atoms with Crippen LogP contribution in [0, 0.1) is 0 Å². The topological polar surface area (TPSA) is 128 Å². The SMILES string of the molecule is O=C(Nc1cccc(OS(=O)(=O)c2ccc(Cl)cc2)c1)Nc1ccccc1OS(=O)(=O)c1ccc(Cl)cc1. The fraction of sp³-hybridized carbons (Fsp3) is 0. The number of nitrogens with one attached hydrogen (secondary N) is 2. The third kappa shape index (κ3) is 6.95. The van der Waals surface area contributed by atoms with Gasteiger partial charge in [-0.3, -0.25) is 0 Å². The van der Waals surface area contributed by atoms with E-state index in [1.165, 1.54) is 91.0 Å². The summed E-state index contributed by atoms with van der Waals surface area (Å²) in [6.45, 7) is 0. The number of benzene rings is 4. The predicted molar refractivity (Wildman–Crippen MR) is 144 cm³/mol. The van der Waals surface area contributed by atoms with Crippen LogP contribution in [-0.2, 0) is 20.2 Å². The van der Waals surface area contributed by atoms with E-state index in [4.69, 9.17) is 31.6 Å². The van der Waals surface area contributed by atoms with Crippen molar-refractivity contribution in [2.75, 3.05) is 10.6 Å². The zero-order valence-electron chi connectivity index (χ0n) is 19.2. The highest BCUT2D eigenvalue weighted by Crippen LogP contribution is 2.28. The largest absolute Gasteiger partial charge is 0.379 e. The fourth-order valence-corrected chi connectivity index (χ4v) is 5.22. The Morgan fingerprint density at radius 1 is 0.632 bits per heavy atom. The number of para-hydroxylation sites is 2. The van der Waals surface area contributed by atoms with Crippen LogP contribution in [0.5, 0.6) is 11.5 Å². The van der Waals surface area contributed by atoms with Gasteiger partial charge in [0.2, 0.25) is 0 Å². The van der Waals surface area contributed by atoms with Crippen LogP contribution in [0.15, 0.2) is 107 Å². The highest BCUT2D eigenvalue weighted by atomic mass is 35.5. The maximum Gasteiger partial charge on any atom is 0.339 e. The van der Waals surface area contributed by atoms with Crippen LogP contribution in [0.4, 0.5) is 16.2 Å². The van der Waals surface area contributed by atoms with Crippen LogP contribution in [-0.4, -0.2) is 22.9 Å². The molecule has 0 radical (unpaired) electrons. The molecule has 0 fully saturated rings. The molecule has 38 heavy (non-hydrogen) atoms. The first-order valence-electron chi connectivity index (χ1n) is 10.7. The number of carbonyl (C=O) groups is 1. The van der Waals surface area contributed by atoms with Crippen molar-refractivity contribution in [3.05, 3.63) is 107 Å². The summed E-state index contributed by atoms with van der Waals surface area (Å²) in [5.41, 5.74) is 0.277. The lowest BCUT2D eigenvalue weighted by molar-refractivity contribution is 0.262. The minimum Gasteiger partial charge on any atom is -0.379 e. The summed E-state index contributed by atoms with van der Waals surface area (Å²) in [5, 5.41) is 5.77. The number of anilines is 2. The Kier molecular flexibility index (Phi) is 8.12. The van der Waals surface area contributed by atoms with Gasteiger partial charge in [0.15, 0.2) is 5.75 Å². The van der Waals surface area contributed by atoms with Crippen molar-refractivity contribution < 1.29 is 30.0 Å². The second kappa shape index (κ2) is 11.3. The van der Waals surface area contributed by atoms with Gasteiger partial charge >= 0.3 is 26.3 Å². The van der Waals surface area contributed by atoms with E-state index in [0.29, 0.717) is 10.0 Å². The molecular weight excluding hydrogens is 575 g/mol. The Morgan fingerprint density at radius 2 is 1.18 bits per heavy atom. The highest BCUT2D eigenvalue weighted by molar-refractivity contribution is 7.87. The number of carbonyl (C=O) groups excluding carboxylic acids is 1. The summed E-state index contributed by atoms with van der Waals surface area (Å²) in [7, 11) is -8.35. The summed E-state index contributed by atoms with van der Waals surface area (Å²) >= 11 is 11.6. The first-order valence-corrected chi connectivity index (χ1v) is 14.3. The zero-order valence-corrected chi connectivity index (χ0v) is 22.3. The number of hydrogen-bond donors (Lipinski definition) is 2. The minimum atomic E-state index is -4.21. The van der Waals surface area contributed by atoms with Gasteiger partial charge in [-0.1, -0.05) is 41.4 Å². The molecule has 4 rings (SSSR count). The Balaban J connectivity index is 1.45. The predicted octanol–water partition coefficient (Wildman–Crippen LogP) is 6.17. The van der Waals surface area contributed by atoms with E-state index < -0.39 is 26.3 Å². The first kappa shape index (κ1) is 27.3. The third-order valence-corrected chi connectivity index (χ3v) is 7.85. The first-order chi connectivity index (χ1) is 18.0. The lowest BCUT2D eigenvalue weighted by atomic mass is 10.3. The van der Waals surface area contributed by atoms with Crippen molar-refractivity contribution in [2.45, 2.75) is 9.79 Å². The summed E-state index contributed by atoms with van der Waals surface area (Å²) in [4.78, 5) is 12.4. The van der Waals surface area contributed by atoms with E-state index in [2.05, 4.69) is 10.6 Å². The molecule has 2 N–H and O–H groups in total. The van der Waals surface area contributed by atoms with Gasteiger partial charge in [-0.2, -0.15) is 16.8 Å². The van der Waals surface area contributed by atoms with Crippen molar-refractivity contribution in [1.29, 1.82) is 0 Å². The second-order valence-corrected chi connectivity index (χ2v) is 11.6. The maximum atomic E-state index is 12.6. The van der Waals surface area contributed by atoms with Crippen molar-refractivity contribution >= 4 is 60.8 Å². The third-order valence-electron chi connectivity index (χ3n) is 4.84. The molecule has 0 aromatic heterocycles. The number of urea groups is 1. The molecule has 0 aliphatic heterocycles. The van der Waals surface area contributed by atoms with Gasteiger partial charge in [0, 0.05) is 21.8 Å². The average Bonchev–Trinajstić information content (AvgIpc) is 2.85. The van der Waals surface area contributed by atoms with Gasteiger partial charge in [-0.05, 0) is 72.8 Å². The monoisotopic (exact) mass is 592 g/mol. The Morgan fingerprint density at radius 3 is 1.79 bits per heavy atom. The summed E-state index contributed by atoms with van der Waals surface area (Å²) in [5.74, 6) is -0.167. The molecular formula is C25H18Cl2N2O7S2. The van der Waals surface area contributed by atoms with Gasteiger partial charge < -0.3 is 19.0 Å². The smallest absolute Gasteiger partial charge is 0.339 e. The van der Waals surface area contributed by atoms with Crippen LogP contribution in [0.1, 0.15) is 0 Å². The molecule has 0 heterocycles. The molecule has 0 saturated heterocycles. The zero-order chi connectivity index (χ0) is 27.3. The number of rotatable bonds is 8. The molecule has 0 spiro atoms. The molecule has 0 aliphatic rings. The van der Waals surface area contributed by atoms with Gasteiger partial charge in [0.1, 0.15) is 15.5 Å². The van der Waals surface area contributed by atoms with Crippen molar-refractivity contribution in [1.82, 2.24) is 0 Å². The lowest BCUT2D eigenvalue weighted by Crippen LogP contribution is -2.20. The van der Waals surface area contributed by atoms with Gasteiger partial charge in [-0.15, -0.1) is 0 Å². The number of amides is 2. The van der Waals surface area contributed by atoms with E-state index in [1.807, 2.05) is 0 Å². The van der Waals surface area contributed by atoms with E-state index in [0.717, 1.165) is 0 Å². The Bertz CT molecular complexity index is 1680. The fourth-order valence-electron chi connectivity index (χ4n) is 3.10. The molecule has 0 aliphatic carbocycles. The lowest BCUT2D eigenvalue weighted by Gasteiger charge is -2.13. The molecule has 9 nitrogen and oxygen atoms in total. The molecule has 196 valence electrons. The average molecular weight is 593 g/mol. The maximum absolute atomic E-state index is 12.6. The van der Waals surface area contributed by atoms with Gasteiger partial charge in [0.05, 0.1) is 5.69 Å². The van der Waals surface area contributed by atoms with Crippen LogP contribution < -0.4 is 19.0 Å². The molecule has 2 amide bonds. The van der Waals surface area contributed by atoms with Gasteiger partial charge in [0.25, 0.3) is 0 Å². The van der Waals surface area contributed by atoms with Crippen LogP contribution in [0.25, 0.3) is 0 Å². The minimum absolute atomic E-state index is 0.0458. The molecule has 0 unspecified atom stereocenters. The standard InChI is InChI=1S/C25H18Cl2N2O7S2/c26-17-8-12-21(13-9-17)37(31,32)35-20-5-3-4-19(16-20)28-25(30)29-23-6-1-2-7-24(23)36-38(33,34)22-14-10-18(27)11-15-22/h1-16H,(H2,28,29,30). The van der Waals surface area contributed by atoms with Crippen LogP contribution >= 0.6 is 23.2 Å². The normalized spacial score (nSPS) is 11.4. The molecule has 4 aromatic rings. The van der Waals surface area contributed by atoms with Crippen LogP contribution in [0.3, 0.4) is 0 Å². The van der Waals surface area contributed by atoms with Crippen molar-refractivity contribution in [3.8, 4) is 11.5 Å². The van der Waals surface area contributed by atoms with E-state index in [-0.39, 0.29) is 32.7 Å². The molecule has 4 aromatic carbocycles. The molecule has 13 heteroatoms. The van der Waals surface area contributed by atoms with Crippen molar-refractivity contribution in [2.24, 2.45) is 0 Å². The molecule has 0 saturated carbocycles. The van der Waals surface area contributed by atoms with Gasteiger partial charge in [-0.25, -0.2) is 4.79 Å². The van der Waals surface area contributed by atoms with Crippen LogP contribution in [0.2, 0.25) is 10.0 Å². The van der Waals surface area contributed by atoms with E-state index >= 15 is 0 Å². The summed E-state index contributed by atoms with van der Waals surface area (Å²) < 4.78 is 60.7. The molecule has 0 bridgehead atoms. The highest BCUT2D eigenvalue weighted by Gasteiger charge is 2.20. The van der Waals surface area contributed by atoms with E-state index in [9.17, 15) is 21.6 Å². The second-order valence-electron chi connectivity index (χ2n) is 7.59. The Hall–Kier alpha value is -3.77.